The Morgan fingerprint density at radius 1 is 1.33 bits per heavy atom. The lowest BCUT2D eigenvalue weighted by Gasteiger charge is -2.31. The first-order valence-electron chi connectivity index (χ1n) is 7.27. The van der Waals surface area contributed by atoms with E-state index in [0.717, 1.165) is 25.4 Å². The number of hydrogen-bond acceptors (Lipinski definition) is 3. The van der Waals surface area contributed by atoms with Crippen molar-refractivity contribution in [1.82, 2.24) is 10.2 Å². The Bertz CT molecular complexity index is 459. The van der Waals surface area contributed by atoms with Crippen LogP contribution in [0.25, 0.3) is 0 Å². The van der Waals surface area contributed by atoms with Gasteiger partial charge in [0.2, 0.25) is 5.91 Å². The summed E-state index contributed by atoms with van der Waals surface area (Å²) in [6.07, 6.45) is 0.444. The number of rotatable bonds is 4. The van der Waals surface area contributed by atoms with Gasteiger partial charge in [0.25, 0.3) is 0 Å². The molecule has 0 aromatic heterocycles. The molecular formula is C16H25ClN2O2. The van der Waals surface area contributed by atoms with Crippen molar-refractivity contribution in [2.75, 3.05) is 26.2 Å². The van der Waals surface area contributed by atoms with E-state index < -0.39 is 0 Å². The fourth-order valence-electron chi connectivity index (χ4n) is 2.59. The number of carbonyl (C=O) groups excluding carboxylic acids is 1. The quantitative estimate of drug-likeness (QED) is 0.927. The molecule has 2 rings (SSSR count). The Morgan fingerprint density at radius 2 is 2.00 bits per heavy atom. The molecule has 1 saturated heterocycles. The van der Waals surface area contributed by atoms with E-state index in [4.69, 9.17) is 4.74 Å². The summed E-state index contributed by atoms with van der Waals surface area (Å²) >= 11 is 0. The number of ether oxygens (including phenoxy) is 1. The van der Waals surface area contributed by atoms with Gasteiger partial charge in [0, 0.05) is 25.7 Å². The predicted molar refractivity (Wildman–Crippen MR) is 87.3 cm³/mol. The van der Waals surface area contributed by atoms with Gasteiger partial charge in [0.05, 0.1) is 13.0 Å². The number of halogens is 1. The fraction of sp³-hybridized carbons (Fsp3) is 0.562. The molecule has 0 bridgehead atoms. The highest BCUT2D eigenvalue weighted by Crippen LogP contribution is 2.16. The Morgan fingerprint density at radius 3 is 2.62 bits per heavy atom. The first-order valence-corrected chi connectivity index (χ1v) is 7.27. The van der Waals surface area contributed by atoms with Crippen molar-refractivity contribution in [2.45, 2.75) is 33.2 Å². The summed E-state index contributed by atoms with van der Waals surface area (Å²) in [5, 5.41) is 3.34. The lowest BCUT2D eigenvalue weighted by atomic mass is 10.1. The van der Waals surface area contributed by atoms with Crippen molar-refractivity contribution >= 4 is 18.3 Å². The van der Waals surface area contributed by atoms with Crippen LogP contribution in [0.4, 0.5) is 0 Å². The number of amides is 1. The average Bonchev–Trinajstić information content (AvgIpc) is 2.37. The zero-order valence-corrected chi connectivity index (χ0v) is 13.8. The van der Waals surface area contributed by atoms with Crippen LogP contribution in [0.5, 0.6) is 5.75 Å². The van der Waals surface area contributed by atoms with Gasteiger partial charge in [-0.3, -0.25) is 4.79 Å². The molecule has 0 aliphatic carbocycles. The topological polar surface area (TPSA) is 41.6 Å². The molecule has 1 amide bonds. The molecule has 1 aliphatic rings. The van der Waals surface area contributed by atoms with Crippen molar-refractivity contribution in [1.29, 1.82) is 0 Å². The molecule has 1 unspecified atom stereocenters. The zero-order chi connectivity index (χ0) is 14.5. The summed E-state index contributed by atoms with van der Waals surface area (Å²) in [6, 6.07) is 6.50. The van der Waals surface area contributed by atoms with Crippen LogP contribution in [0, 0.1) is 13.8 Å². The monoisotopic (exact) mass is 312 g/mol. The highest BCUT2D eigenvalue weighted by atomic mass is 35.5. The third kappa shape index (κ3) is 5.56. The second kappa shape index (κ2) is 8.25. The Hall–Kier alpha value is -1.26. The van der Waals surface area contributed by atoms with Gasteiger partial charge in [0.15, 0.2) is 0 Å². The molecule has 0 saturated carbocycles. The average molecular weight is 313 g/mol. The number of benzene rings is 1. The van der Waals surface area contributed by atoms with Gasteiger partial charge in [-0.1, -0.05) is 6.07 Å². The molecule has 4 nitrogen and oxygen atoms in total. The largest absolute Gasteiger partial charge is 0.493 e. The lowest BCUT2D eigenvalue weighted by Crippen LogP contribution is -2.51. The second-order valence-corrected chi connectivity index (χ2v) is 5.62. The van der Waals surface area contributed by atoms with Gasteiger partial charge in [-0.2, -0.15) is 0 Å². The van der Waals surface area contributed by atoms with Crippen LogP contribution in [0.3, 0.4) is 0 Å². The number of nitrogens with zero attached hydrogens (tertiary/aromatic N) is 1. The van der Waals surface area contributed by atoms with Crippen molar-refractivity contribution in [3.05, 3.63) is 29.3 Å². The second-order valence-electron chi connectivity index (χ2n) is 5.62. The Kier molecular flexibility index (Phi) is 6.99. The molecule has 1 aromatic rings. The van der Waals surface area contributed by atoms with Crippen LogP contribution in [0.2, 0.25) is 0 Å². The van der Waals surface area contributed by atoms with E-state index in [0.29, 0.717) is 19.1 Å². The van der Waals surface area contributed by atoms with Gasteiger partial charge in [0.1, 0.15) is 5.75 Å². The number of hydrogen-bond donors (Lipinski definition) is 1. The number of carbonyl (C=O) groups is 1. The molecule has 0 spiro atoms. The van der Waals surface area contributed by atoms with Gasteiger partial charge in [-0.15, -0.1) is 12.4 Å². The van der Waals surface area contributed by atoms with Crippen LogP contribution < -0.4 is 10.1 Å². The first-order chi connectivity index (χ1) is 9.54. The summed E-state index contributed by atoms with van der Waals surface area (Å²) < 4.78 is 5.69. The third-order valence-electron chi connectivity index (χ3n) is 3.50. The zero-order valence-electron chi connectivity index (χ0n) is 13.0. The fourth-order valence-corrected chi connectivity index (χ4v) is 2.59. The van der Waals surface area contributed by atoms with Gasteiger partial charge in [-0.25, -0.2) is 0 Å². The molecule has 1 N–H and O–H groups in total. The van der Waals surface area contributed by atoms with Crippen molar-refractivity contribution < 1.29 is 9.53 Å². The molecular weight excluding hydrogens is 288 g/mol. The summed E-state index contributed by atoms with van der Waals surface area (Å²) in [6.45, 7) is 9.12. The summed E-state index contributed by atoms with van der Waals surface area (Å²) in [4.78, 5) is 14.0. The van der Waals surface area contributed by atoms with Crippen molar-refractivity contribution in [3.8, 4) is 5.75 Å². The van der Waals surface area contributed by atoms with E-state index in [1.54, 1.807) is 0 Å². The molecule has 1 aliphatic heterocycles. The van der Waals surface area contributed by atoms with Crippen molar-refractivity contribution in [2.24, 2.45) is 0 Å². The number of piperazine rings is 1. The smallest absolute Gasteiger partial charge is 0.226 e. The number of nitrogens with one attached hydrogen (secondary N) is 1. The maximum absolute atomic E-state index is 12.1. The molecule has 118 valence electrons. The molecule has 1 heterocycles. The van der Waals surface area contributed by atoms with Crippen LogP contribution in [0.15, 0.2) is 18.2 Å². The molecule has 5 heteroatoms. The Balaban J connectivity index is 0.00000220. The normalized spacial score (nSPS) is 18.0. The minimum absolute atomic E-state index is 0. The highest BCUT2D eigenvalue weighted by molar-refractivity contribution is 5.85. The maximum atomic E-state index is 12.1. The number of aryl methyl sites for hydroxylation is 2. The summed E-state index contributed by atoms with van der Waals surface area (Å²) in [5.41, 5.74) is 2.37. The van der Waals surface area contributed by atoms with Gasteiger partial charge < -0.3 is 15.0 Å². The van der Waals surface area contributed by atoms with E-state index in [1.807, 2.05) is 30.9 Å². The predicted octanol–water partition coefficient (Wildman–Crippen LogP) is 2.31. The minimum Gasteiger partial charge on any atom is -0.493 e. The lowest BCUT2D eigenvalue weighted by molar-refractivity contribution is -0.132. The van der Waals surface area contributed by atoms with Gasteiger partial charge in [-0.05, 0) is 44.0 Å². The summed E-state index contributed by atoms with van der Waals surface area (Å²) in [5.74, 6) is 1.03. The minimum atomic E-state index is 0. The van der Waals surface area contributed by atoms with Crippen molar-refractivity contribution in [3.63, 3.8) is 0 Å². The van der Waals surface area contributed by atoms with E-state index in [-0.39, 0.29) is 18.3 Å². The van der Waals surface area contributed by atoms with E-state index in [2.05, 4.69) is 18.3 Å². The van der Waals surface area contributed by atoms with E-state index in [1.165, 1.54) is 11.1 Å². The summed E-state index contributed by atoms with van der Waals surface area (Å²) in [7, 11) is 0. The molecule has 0 radical (unpaired) electrons. The standard InChI is InChI=1S/C16H24N2O2.ClH/c1-12-8-13(2)10-15(9-12)20-7-4-16(19)18-6-5-17-14(3)11-18;/h8-10,14,17H,4-7,11H2,1-3H3;1H. The molecule has 1 fully saturated rings. The van der Waals surface area contributed by atoms with Crippen LogP contribution in [-0.4, -0.2) is 43.1 Å². The van der Waals surface area contributed by atoms with Gasteiger partial charge >= 0.3 is 0 Å². The Labute approximate surface area is 133 Å². The van der Waals surface area contributed by atoms with E-state index >= 15 is 0 Å². The van der Waals surface area contributed by atoms with Crippen LogP contribution >= 0.6 is 12.4 Å². The first kappa shape index (κ1) is 17.8. The maximum Gasteiger partial charge on any atom is 0.226 e. The van der Waals surface area contributed by atoms with E-state index in [9.17, 15) is 4.79 Å². The molecule has 1 atom stereocenters. The molecule has 1 aromatic carbocycles. The SMILES string of the molecule is Cc1cc(C)cc(OCCC(=O)N2CCNC(C)C2)c1.Cl. The molecule has 21 heavy (non-hydrogen) atoms. The van der Waals surface area contributed by atoms with Crippen LogP contribution in [0.1, 0.15) is 24.5 Å². The highest BCUT2D eigenvalue weighted by Gasteiger charge is 2.19. The third-order valence-corrected chi connectivity index (χ3v) is 3.50. The van der Waals surface area contributed by atoms with Crippen LogP contribution in [-0.2, 0) is 4.79 Å².